The van der Waals surface area contributed by atoms with Crippen LogP contribution in [0.4, 0.5) is 5.69 Å². The van der Waals surface area contributed by atoms with E-state index in [9.17, 15) is 14.4 Å². The standard InChI is InChI=1S/C24H18N2O6S/c1-30-23(28)15-11-16(24(29)31-2)13-17(12-15)25-21(27)20-19(14-7-4-3-5-8-14)26-22(33-20)18-9-6-10-32-18/h3-13H,1-2H3,(H,25,27). The molecule has 0 atom stereocenters. The number of rotatable bonds is 6. The number of ether oxygens (including phenoxy) is 2. The minimum absolute atomic E-state index is 0.0968. The molecule has 2 aromatic heterocycles. The molecule has 2 heterocycles. The largest absolute Gasteiger partial charge is 0.465 e. The van der Waals surface area contributed by atoms with Gasteiger partial charge in [0.05, 0.1) is 37.3 Å². The van der Waals surface area contributed by atoms with Gasteiger partial charge in [0.15, 0.2) is 10.8 Å². The highest BCUT2D eigenvalue weighted by molar-refractivity contribution is 7.17. The van der Waals surface area contributed by atoms with Gasteiger partial charge >= 0.3 is 11.9 Å². The average Bonchev–Trinajstić information content (AvgIpc) is 3.53. The Morgan fingerprint density at radius 2 is 1.58 bits per heavy atom. The predicted octanol–water partition coefficient (Wildman–Crippen LogP) is 4.90. The number of furan rings is 1. The molecule has 4 rings (SSSR count). The van der Waals surface area contributed by atoms with Crippen LogP contribution in [0.2, 0.25) is 0 Å². The smallest absolute Gasteiger partial charge is 0.337 e. The molecule has 0 fully saturated rings. The molecule has 1 N–H and O–H groups in total. The summed E-state index contributed by atoms with van der Waals surface area (Å²) in [6, 6.07) is 17.0. The van der Waals surface area contributed by atoms with Crippen molar-refractivity contribution in [3.8, 4) is 22.0 Å². The third-order valence-corrected chi connectivity index (χ3v) is 5.71. The lowest BCUT2D eigenvalue weighted by Gasteiger charge is -2.09. The Morgan fingerprint density at radius 3 is 2.15 bits per heavy atom. The van der Waals surface area contributed by atoms with Crippen LogP contribution in [0, 0.1) is 0 Å². The van der Waals surface area contributed by atoms with E-state index in [-0.39, 0.29) is 16.8 Å². The quantitative estimate of drug-likeness (QED) is 0.406. The first-order valence-corrected chi connectivity index (χ1v) is 10.5. The molecule has 166 valence electrons. The van der Waals surface area contributed by atoms with E-state index in [0.29, 0.717) is 21.3 Å². The van der Waals surface area contributed by atoms with Crippen LogP contribution in [0.5, 0.6) is 0 Å². The number of carbonyl (C=O) groups is 3. The second-order valence-electron chi connectivity index (χ2n) is 6.78. The zero-order chi connectivity index (χ0) is 23.4. The van der Waals surface area contributed by atoms with E-state index in [1.54, 1.807) is 12.1 Å². The minimum atomic E-state index is -0.654. The molecule has 0 aliphatic rings. The fourth-order valence-corrected chi connectivity index (χ4v) is 4.08. The summed E-state index contributed by atoms with van der Waals surface area (Å²) in [7, 11) is 2.45. The van der Waals surface area contributed by atoms with Crippen LogP contribution in [0.15, 0.2) is 71.3 Å². The number of hydrogen-bond acceptors (Lipinski definition) is 8. The summed E-state index contributed by atoms with van der Waals surface area (Å²) in [6.07, 6.45) is 1.53. The van der Waals surface area contributed by atoms with E-state index < -0.39 is 17.8 Å². The summed E-state index contributed by atoms with van der Waals surface area (Å²) < 4.78 is 14.9. The molecule has 0 bridgehead atoms. The molecule has 9 heteroatoms. The third-order valence-electron chi connectivity index (χ3n) is 4.65. The van der Waals surface area contributed by atoms with Crippen molar-refractivity contribution in [1.29, 1.82) is 0 Å². The Labute approximate surface area is 192 Å². The van der Waals surface area contributed by atoms with Crippen LogP contribution in [-0.2, 0) is 9.47 Å². The van der Waals surface area contributed by atoms with E-state index >= 15 is 0 Å². The van der Waals surface area contributed by atoms with E-state index in [4.69, 9.17) is 13.9 Å². The second kappa shape index (κ2) is 9.49. The molecule has 1 amide bonds. The van der Waals surface area contributed by atoms with Crippen molar-refractivity contribution in [1.82, 2.24) is 4.98 Å². The van der Waals surface area contributed by atoms with E-state index in [1.165, 1.54) is 50.0 Å². The summed E-state index contributed by atoms with van der Waals surface area (Å²) in [5.74, 6) is -1.22. The van der Waals surface area contributed by atoms with Gasteiger partial charge in [-0.2, -0.15) is 0 Å². The Balaban J connectivity index is 1.74. The van der Waals surface area contributed by atoms with Crippen LogP contribution in [0.3, 0.4) is 0 Å². The number of thiazole rings is 1. The van der Waals surface area contributed by atoms with Gasteiger partial charge in [0.25, 0.3) is 5.91 Å². The summed E-state index contributed by atoms with van der Waals surface area (Å²) in [6.45, 7) is 0. The number of hydrogen-bond donors (Lipinski definition) is 1. The lowest BCUT2D eigenvalue weighted by molar-refractivity contribution is 0.0599. The molecule has 33 heavy (non-hydrogen) atoms. The number of nitrogens with one attached hydrogen (secondary N) is 1. The molecule has 0 aliphatic carbocycles. The van der Waals surface area contributed by atoms with E-state index in [0.717, 1.165) is 5.56 Å². The highest BCUT2D eigenvalue weighted by atomic mass is 32.1. The topological polar surface area (TPSA) is 108 Å². The molecule has 0 saturated heterocycles. The van der Waals surface area contributed by atoms with Crippen molar-refractivity contribution in [2.75, 3.05) is 19.5 Å². The normalized spacial score (nSPS) is 10.5. The highest BCUT2D eigenvalue weighted by Crippen LogP contribution is 2.34. The van der Waals surface area contributed by atoms with Gasteiger partial charge in [0, 0.05) is 11.3 Å². The number of anilines is 1. The first-order valence-electron chi connectivity index (χ1n) is 9.73. The molecule has 0 spiro atoms. The average molecular weight is 462 g/mol. The fourth-order valence-electron chi connectivity index (χ4n) is 3.13. The first kappa shape index (κ1) is 22.0. The van der Waals surface area contributed by atoms with Gasteiger partial charge in [0.1, 0.15) is 4.88 Å². The van der Waals surface area contributed by atoms with Crippen molar-refractivity contribution in [2.45, 2.75) is 0 Å². The van der Waals surface area contributed by atoms with Gasteiger partial charge in [-0.25, -0.2) is 14.6 Å². The molecule has 0 radical (unpaired) electrons. The zero-order valence-corrected chi connectivity index (χ0v) is 18.5. The van der Waals surface area contributed by atoms with Gasteiger partial charge in [0.2, 0.25) is 0 Å². The Bertz CT molecular complexity index is 1280. The molecule has 8 nitrogen and oxygen atoms in total. The maximum atomic E-state index is 13.3. The van der Waals surface area contributed by atoms with Crippen molar-refractivity contribution in [2.24, 2.45) is 0 Å². The number of benzene rings is 2. The Hall–Kier alpha value is -4.24. The van der Waals surface area contributed by atoms with Gasteiger partial charge in [-0.1, -0.05) is 30.3 Å². The third kappa shape index (κ3) is 4.68. The number of esters is 2. The molecule has 0 aliphatic heterocycles. The minimum Gasteiger partial charge on any atom is -0.465 e. The number of nitrogens with zero attached hydrogens (tertiary/aromatic N) is 1. The van der Waals surface area contributed by atoms with Crippen molar-refractivity contribution in [3.63, 3.8) is 0 Å². The summed E-state index contributed by atoms with van der Waals surface area (Å²) in [5, 5.41) is 3.30. The van der Waals surface area contributed by atoms with Crippen LogP contribution in [0.25, 0.3) is 22.0 Å². The van der Waals surface area contributed by atoms with Gasteiger partial charge < -0.3 is 19.2 Å². The van der Waals surface area contributed by atoms with Crippen molar-refractivity contribution in [3.05, 3.63) is 82.9 Å². The van der Waals surface area contributed by atoms with Crippen LogP contribution >= 0.6 is 11.3 Å². The second-order valence-corrected chi connectivity index (χ2v) is 7.78. The van der Waals surface area contributed by atoms with Gasteiger partial charge in [-0.3, -0.25) is 4.79 Å². The van der Waals surface area contributed by atoms with Gasteiger partial charge in [-0.05, 0) is 30.3 Å². The lowest BCUT2D eigenvalue weighted by Crippen LogP contribution is -2.14. The Morgan fingerprint density at radius 1 is 0.909 bits per heavy atom. The predicted molar refractivity (Wildman–Crippen MR) is 122 cm³/mol. The van der Waals surface area contributed by atoms with E-state index in [1.807, 2.05) is 30.3 Å². The maximum absolute atomic E-state index is 13.3. The molecular formula is C24H18N2O6S. The Kier molecular flexibility index (Phi) is 6.32. The SMILES string of the molecule is COC(=O)c1cc(NC(=O)c2sc(-c3ccco3)nc2-c2ccccc2)cc(C(=O)OC)c1. The zero-order valence-electron chi connectivity index (χ0n) is 17.7. The highest BCUT2D eigenvalue weighted by Gasteiger charge is 2.22. The molecular weight excluding hydrogens is 444 g/mol. The number of aromatic nitrogens is 1. The number of carbonyl (C=O) groups excluding carboxylic acids is 3. The maximum Gasteiger partial charge on any atom is 0.337 e. The summed E-state index contributed by atoms with van der Waals surface area (Å²) in [5.41, 5.74) is 1.67. The van der Waals surface area contributed by atoms with Crippen LogP contribution in [-0.4, -0.2) is 37.0 Å². The monoisotopic (exact) mass is 462 g/mol. The van der Waals surface area contributed by atoms with E-state index in [2.05, 4.69) is 10.3 Å². The summed E-state index contributed by atoms with van der Waals surface area (Å²) >= 11 is 1.17. The molecule has 4 aromatic rings. The molecule has 0 unspecified atom stereocenters. The molecule has 0 saturated carbocycles. The fraction of sp³-hybridized carbons (Fsp3) is 0.0833. The van der Waals surface area contributed by atoms with Crippen molar-refractivity contribution >= 4 is 34.9 Å². The lowest BCUT2D eigenvalue weighted by atomic mass is 10.1. The van der Waals surface area contributed by atoms with Crippen LogP contribution in [0.1, 0.15) is 30.4 Å². The number of methoxy groups -OCH3 is 2. The number of amides is 1. The molecule has 2 aromatic carbocycles. The van der Waals surface area contributed by atoms with Crippen LogP contribution < -0.4 is 5.32 Å². The van der Waals surface area contributed by atoms with Gasteiger partial charge in [-0.15, -0.1) is 11.3 Å². The van der Waals surface area contributed by atoms with Crippen molar-refractivity contribution < 1.29 is 28.3 Å². The summed E-state index contributed by atoms with van der Waals surface area (Å²) in [4.78, 5) is 42.4. The first-order chi connectivity index (χ1) is 16.0.